The Morgan fingerprint density at radius 3 is 1.28 bits per heavy atom. The van der Waals surface area contributed by atoms with Gasteiger partial charge in [0.15, 0.2) is 0 Å². The third kappa shape index (κ3) is 3.62. The molecule has 0 heterocycles. The summed E-state index contributed by atoms with van der Waals surface area (Å²) in [5, 5.41) is 2.20. The Labute approximate surface area is 189 Å². The number of fused-ring (bicyclic) bond motifs is 1. The smallest absolute Gasteiger partial charge is 0.127 e. The average Bonchev–Trinajstić information content (AvgIpc) is 2.82. The van der Waals surface area contributed by atoms with Crippen molar-refractivity contribution in [2.75, 3.05) is 28.4 Å². The minimum Gasteiger partial charge on any atom is -0.497 e. The summed E-state index contributed by atoms with van der Waals surface area (Å²) in [5.41, 5.74) is 6.47. The van der Waals surface area contributed by atoms with Crippen LogP contribution in [0.2, 0.25) is 0 Å². The van der Waals surface area contributed by atoms with Crippen molar-refractivity contribution in [2.45, 2.75) is 13.8 Å². The molecule has 0 bridgehead atoms. The fraction of sp³-hybridized carbons (Fsp3) is 0.214. The van der Waals surface area contributed by atoms with E-state index in [0.717, 1.165) is 67.2 Å². The van der Waals surface area contributed by atoms with Crippen LogP contribution < -0.4 is 18.9 Å². The highest BCUT2D eigenvalue weighted by molar-refractivity contribution is 6.11. The normalized spacial score (nSPS) is 10.8. The van der Waals surface area contributed by atoms with Crippen LogP contribution in [0.5, 0.6) is 23.0 Å². The standard InChI is InChI=1S/C28H28O4/c1-17-15-20(29-3)9-11-22(17)27-24(31-5)13-7-19-8-14-25(32-6)28(26(19)27)23-12-10-21(30-4)16-18(23)2/h7-16H,1-6H3. The average molecular weight is 429 g/mol. The molecule has 4 aromatic carbocycles. The molecule has 0 N–H and O–H groups in total. The van der Waals surface area contributed by atoms with E-state index in [9.17, 15) is 0 Å². The molecule has 0 unspecified atom stereocenters. The molecule has 4 nitrogen and oxygen atoms in total. The van der Waals surface area contributed by atoms with Gasteiger partial charge in [-0.15, -0.1) is 0 Å². The Balaban J connectivity index is 2.15. The van der Waals surface area contributed by atoms with Gasteiger partial charge in [0.1, 0.15) is 23.0 Å². The molecular weight excluding hydrogens is 400 g/mol. The van der Waals surface area contributed by atoms with Gasteiger partial charge in [-0.3, -0.25) is 0 Å². The van der Waals surface area contributed by atoms with E-state index in [1.165, 1.54) is 0 Å². The molecule has 0 aliphatic heterocycles. The molecule has 0 aromatic heterocycles. The molecule has 0 saturated carbocycles. The lowest BCUT2D eigenvalue weighted by Gasteiger charge is -2.21. The number of aryl methyl sites for hydroxylation is 2. The maximum atomic E-state index is 5.86. The molecule has 164 valence electrons. The number of ether oxygens (including phenoxy) is 4. The van der Waals surface area contributed by atoms with Crippen molar-refractivity contribution in [1.29, 1.82) is 0 Å². The van der Waals surface area contributed by atoms with E-state index in [-0.39, 0.29) is 0 Å². The number of rotatable bonds is 6. The van der Waals surface area contributed by atoms with Crippen molar-refractivity contribution in [1.82, 2.24) is 0 Å². The van der Waals surface area contributed by atoms with E-state index < -0.39 is 0 Å². The summed E-state index contributed by atoms with van der Waals surface area (Å²) >= 11 is 0. The van der Waals surface area contributed by atoms with Gasteiger partial charge in [-0.1, -0.05) is 24.3 Å². The second-order valence-electron chi connectivity index (χ2n) is 7.75. The van der Waals surface area contributed by atoms with Gasteiger partial charge in [0.05, 0.1) is 28.4 Å². The van der Waals surface area contributed by atoms with Gasteiger partial charge in [-0.2, -0.15) is 0 Å². The zero-order valence-corrected chi connectivity index (χ0v) is 19.4. The van der Waals surface area contributed by atoms with E-state index in [1.807, 2.05) is 36.4 Å². The van der Waals surface area contributed by atoms with Crippen molar-refractivity contribution in [2.24, 2.45) is 0 Å². The SMILES string of the molecule is COc1ccc(-c2c(OC)ccc3ccc(OC)c(-c4ccc(OC)cc4C)c23)c(C)c1. The first kappa shape index (κ1) is 21.6. The third-order valence-corrected chi connectivity index (χ3v) is 5.96. The minimum absolute atomic E-state index is 0.812. The Kier molecular flexibility index (Phi) is 5.95. The molecule has 4 aromatic rings. The Hall–Kier alpha value is -3.66. The predicted octanol–water partition coefficient (Wildman–Crippen LogP) is 6.83. The monoisotopic (exact) mass is 428 g/mol. The highest BCUT2D eigenvalue weighted by atomic mass is 16.5. The van der Waals surface area contributed by atoms with Gasteiger partial charge in [0.25, 0.3) is 0 Å². The quantitative estimate of drug-likeness (QED) is 0.337. The number of hydrogen-bond donors (Lipinski definition) is 0. The minimum atomic E-state index is 0.812. The molecule has 0 amide bonds. The highest BCUT2D eigenvalue weighted by Crippen LogP contribution is 2.47. The summed E-state index contributed by atoms with van der Waals surface area (Å²) in [4.78, 5) is 0. The van der Waals surface area contributed by atoms with Crippen LogP contribution in [0.1, 0.15) is 11.1 Å². The van der Waals surface area contributed by atoms with E-state index in [4.69, 9.17) is 18.9 Å². The van der Waals surface area contributed by atoms with Crippen LogP contribution >= 0.6 is 0 Å². The first-order valence-electron chi connectivity index (χ1n) is 10.5. The zero-order valence-electron chi connectivity index (χ0n) is 19.4. The second-order valence-corrected chi connectivity index (χ2v) is 7.75. The molecule has 0 saturated heterocycles. The Morgan fingerprint density at radius 1 is 0.500 bits per heavy atom. The maximum Gasteiger partial charge on any atom is 0.127 e. The summed E-state index contributed by atoms with van der Waals surface area (Å²) in [6.45, 7) is 4.18. The molecule has 0 atom stereocenters. The highest BCUT2D eigenvalue weighted by Gasteiger charge is 2.21. The van der Waals surface area contributed by atoms with Gasteiger partial charge in [0.2, 0.25) is 0 Å². The summed E-state index contributed by atoms with van der Waals surface area (Å²) < 4.78 is 22.6. The third-order valence-electron chi connectivity index (χ3n) is 5.96. The van der Waals surface area contributed by atoms with Crippen LogP contribution in [-0.4, -0.2) is 28.4 Å². The molecule has 4 rings (SSSR count). The molecule has 0 spiro atoms. The molecule has 0 radical (unpaired) electrons. The van der Waals surface area contributed by atoms with Crippen LogP contribution in [0.15, 0.2) is 60.7 Å². The Morgan fingerprint density at radius 2 is 0.938 bits per heavy atom. The Bertz CT molecular complexity index is 1190. The van der Waals surface area contributed by atoms with Gasteiger partial charge < -0.3 is 18.9 Å². The zero-order chi connectivity index (χ0) is 22.8. The molecule has 0 aliphatic rings. The topological polar surface area (TPSA) is 36.9 Å². The summed E-state index contributed by atoms with van der Waals surface area (Å²) in [6, 6.07) is 20.5. The van der Waals surface area contributed by atoms with Gasteiger partial charge in [-0.05, 0) is 77.9 Å². The predicted molar refractivity (Wildman–Crippen MR) is 131 cm³/mol. The summed E-state index contributed by atoms with van der Waals surface area (Å²) in [6.07, 6.45) is 0. The molecular formula is C28H28O4. The van der Waals surface area contributed by atoms with Crippen LogP contribution in [-0.2, 0) is 0 Å². The first-order chi connectivity index (χ1) is 15.5. The lowest BCUT2D eigenvalue weighted by molar-refractivity contribution is 0.413. The lowest BCUT2D eigenvalue weighted by Crippen LogP contribution is -1.97. The number of hydrogen-bond acceptors (Lipinski definition) is 4. The fourth-order valence-corrected chi connectivity index (χ4v) is 4.34. The van der Waals surface area contributed by atoms with Crippen LogP contribution in [0.4, 0.5) is 0 Å². The van der Waals surface area contributed by atoms with Crippen molar-refractivity contribution in [3.63, 3.8) is 0 Å². The summed E-state index contributed by atoms with van der Waals surface area (Å²) in [5.74, 6) is 3.28. The fourth-order valence-electron chi connectivity index (χ4n) is 4.34. The largest absolute Gasteiger partial charge is 0.497 e. The maximum absolute atomic E-state index is 5.86. The van der Waals surface area contributed by atoms with Gasteiger partial charge in [-0.25, -0.2) is 0 Å². The van der Waals surface area contributed by atoms with E-state index in [2.05, 4.69) is 38.1 Å². The molecule has 0 fully saturated rings. The molecule has 4 heteroatoms. The van der Waals surface area contributed by atoms with Crippen LogP contribution in [0.3, 0.4) is 0 Å². The van der Waals surface area contributed by atoms with Crippen molar-refractivity contribution >= 4 is 10.8 Å². The van der Waals surface area contributed by atoms with E-state index in [0.29, 0.717) is 0 Å². The number of methoxy groups -OCH3 is 4. The van der Waals surface area contributed by atoms with Gasteiger partial charge in [0, 0.05) is 16.5 Å². The second kappa shape index (κ2) is 8.83. The van der Waals surface area contributed by atoms with E-state index >= 15 is 0 Å². The van der Waals surface area contributed by atoms with Crippen molar-refractivity contribution < 1.29 is 18.9 Å². The molecule has 0 aliphatic carbocycles. The van der Waals surface area contributed by atoms with Crippen LogP contribution in [0.25, 0.3) is 33.0 Å². The first-order valence-corrected chi connectivity index (χ1v) is 10.5. The van der Waals surface area contributed by atoms with Crippen LogP contribution in [0, 0.1) is 13.8 Å². The summed E-state index contributed by atoms with van der Waals surface area (Å²) in [7, 11) is 6.79. The van der Waals surface area contributed by atoms with Gasteiger partial charge >= 0.3 is 0 Å². The lowest BCUT2D eigenvalue weighted by atomic mass is 9.87. The molecule has 32 heavy (non-hydrogen) atoms. The number of benzene rings is 4. The van der Waals surface area contributed by atoms with Crippen molar-refractivity contribution in [3.8, 4) is 45.3 Å². The van der Waals surface area contributed by atoms with Crippen molar-refractivity contribution in [3.05, 3.63) is 71.8 Å². The van der Waals surface area contributed by atoms with E-state index in [1.54, 1.807) is 28.4 Å².